The highest BCUT2D eigenvalue weighted by Crippen LogP contribution is 2.29. The topological polar surface area (TPSA) is 54.0 Å². The van der Waals surface area contributed by atoms with Crippen LogP contribution >= 0.6 is 46.9 Å². The van der Waals surface area contributed by atoms with Crippen molar-refractivity contribution in [2.75, 3.05) is 11.9 Å². The number of carbonyl (C=O) groups is 1. The van der Waals surface area contributed by atoms with Crippen LogP contribution in [0.5, 0.6) is 0 Å². The minimum atomic E-state index is -0.102. The van der Waals surface area contributed by atoms with E-state index in [1.807, 2.05) is 12.1 Å². The van der Waals surface area contributed by atoms with Gasteiger partial charge in [0, 0.05) is 17.5 Å². The highest BCUT2D eigenvalue weighted by Gasteiger charge is 2.22. The van der Waals surface area contributed by atoms with Crippen molar-refractivity contribution in [2.24, 2.45) is 0 Å². The fourth-order valence-corrected chi connectivity index (χ4v) is 3.65. The maximum absolute atomic E-state index is 12.0. The van der Waals surface area contributed by atoms with Gasteiger partial charge < -0.3 is 10.6 Å². The summed E-state index contributed by atoms with van der Waals surface area (Å²) in [5, 5.41) is 7.76. The highest BCUT2D eigenvalue weighted by molar-refractivity contribution is 7.15. The molecule has 0 aliphatic carbocycles. The van der Waals surface area contributed by atoms with Gasteiger partial charge in [0.25, 0.3) is 0 Å². The van der Waals surface area contributed by atoms with E-state index < -0.39 is 0 Å². The fourth-order valence-electron chi connectivity index (χ4n) is 2.42. The zero-order chi connectivity index (χ0) is 15.5. The second-order valence-corrected chi connectivity index (χ2v) is 7.06. The molecule has 4 nitrogen and oxygen atoms in total. The lowest BCUT2D eigenvalue weighted by molar-refractivity contribution is -0.117. The Hall–Kier alpha value is -0.850. The third kappa shape index (κ3) is 4.58. The maximum Gasteiger partial charge on any atom is 0.243 e. The van der Waals surface area contributed by atoms with Crippen molar-refractivity contribution in [3.05, 3.63) is 44.9 Å². The molecule has 0 saturated carbocycles. The van der Waals surface area contributed by atoms with Gasteiger partial charge in [0.2, 0.25) is 5.91 Å². The van der Waals surface area contributed by atoms with Gasteiger partial charge >= 0.3 is 0 Å². The van der Waals surface area contributed by atoms with Crippen molar-refractivity contribution < 1.29 is 4.79 Å². The number of nitrogens with one attached hydrogen (secondary N) is 2. The summed E-state index contributed by atoms with van der Waals surface area (Å²) in [6, 6.07) is 5.48. The molecule has 1 aromatic heterocycles. The van der Waals surface area contributed by atoms with E-state index in [1.165, 1.54) is 11.3 Å². The van der Waals surface area contributed by atoms with Crippen LogP contribution in [-0.2, 0) is 11.2 Å². The molecule has 0 spiro atoms. The summed E-state index contributed by atoms with van der Waals surface area (Å²) in [6.07, 6.45) is 4.32. The molecule has 0 radical (unpaired) electrons. The van der Waals surface area contributed by atoms with E-state index in [1.54, 1.807) is 12.3 Å². The molecule has 0 bridgehead atoms. The van der Waals surface area contributed by atoms with E-state index >= 15 is 0 Å². The van der Waals surface area contributed by atoms with Crippen LogP contribution in [0.1, 0.15) is 23.3 Å². The van der Waals surface area contributed by atoms with Crippen LogP contribution in [0.25, 0.3) is 0 Å². The highest BCUT2D eigenvalue weighted by atomic mass is 35.5. The molecule has 2 N–H and O–H groups in total. The summed E-state index contributed by atoms with van der Waals surface area (Å²) in [5.41, 5.74) is 0.952. The Labute approximate surface area is 155 Å². The number of nitrogens with zero attached hydrogens (tertiary/aromatic N) is 1. The van der Waals surface area contributed by atoms with Crippen molar-refractivity contribution in [3.63, 3.8) is 0 Å². The number of halogens is 3. The first-order chi connectivity index (χ1) is 10.6. The molecule has 23 heavy (non-hydrogen) atoms. The van der Waals surface area contributed by atoms with Gasteiger partial charge in [-0.3, -0.25) is 4.79 Å². The third-order valence-corrected chi connectivity index (χ3v) is 5.33. The first-order valence-corrected chi connectivity index (χ1v) is 8.62. The predicted molar refractivity (Wildman–Crippen MR) is 98.3 cm³/mol. The number of anilines is 1. The molecule has 8 heteroatoms. The normalized spacial score (nSPS) is 16.9. The summed E-state index contributed by atoms with van der Waals surface area (Å²) in [7, 11) is 0. The molecule has 1 saturated heterocycles. The largest absolute Gasteiger partial charge is 0.306 e. The Morgan fingerprint density at radius 2 is 2.26 bits per heavy atom. The molecular weight excluding hydrogens is 377 g/mol. The van der Waals surface area contributed by atoms with E-state index in [2.05, 4.69) is 15.6 Å². The number of carbonyl (C=O) groups excluding carboxylic acids is 1. The second-order valence-electron chi connectivity index (χ2n) is 5.16. The summed E-state index contributed by atoms with van der Waals surface area (Å²) in [4.78, 5) is 17.3. The number of thiazole rings is 1. The number of amides is 1. The van der Waals surface area contributed by atoms with Gasteiger partial charge in [0.05, 0.1) is 16.1 Å². The molecule has 2 heterocycles. The number of aromatic nitrogens is 1. The first kappa shape index (κ1) is 18.5. The van der Waals surface area contributed by atoms with Crippen molar-refractivity contribution in [2.45, 2.75) is 25.3 Å². The van der Waals surface area contributed by atoms with Crippen molar-refractivity contribution in [1.29, 1.82) is 0 Å². The molecule has 1 fully saturated rings. The lowest BCUT2D eigenvalue weighted by Crippen LogP contribution is -2.35. The molecule has 1 unspecified atom stereocenters. The molecule has 3 rings (SSSR count). The summed E-state index contributed by atoms with van der Waals surface area (Å²) in [5.74, 6) is -0.0146. The standard InChI is InChI=1S/C15H15Cl2N3OS.ClH/c16-11-4-1-3-9(13(11)17)7-10-8-19-15(22-10)20-14(21)12-5-2-6-18-12;/h1,3-4,8,12,18H,2,5-7H2,(H,19,20,21);1H. The van der Waals surface area contributed by atoms with Crippen LogP contribution in [0.2, 0.25) is 10.0 Å². The van der Waals surface area contributed by atoms with Crippen molar-refractivity contribution in [1.82, 2.24) is 10.3 Å². The van der Waals surface area contributed by atoms with E-state index in [9.17, 15) is 4.79 Å². The molecule has 2 aromatic rings. The monoisotopic (exact) mass is 391 g/mol. The van der Waals surface area contributed by atoms with E-state index in [0.29, 0.717) is 21.6 Å². The smallest absolute Gasteiger partial charge is 0.243 e. The number of rotatable bonds is 4. The van der Waals surface area contributed by atoms with Crippen molar-refractivity contribution in [3.8, 4) is 0 Å². The van der Waals surface area contributed by atoms with Crippen LogP contribution in [-0.4, -0.2) is 23.5 Å². The molecule has 1 aliphatic rings. The summed E-state index contributed by atoms with van der Waals surface area (Å²) in [6.45, 7) is 0.897. The quantitative estimate of drug-likeness (QED) is 0.821. The Bertz CT molecular complexity index is 686. The van der Waals surface area contributed by atoms with E-state index in [-0.39, 0.29) is 24.4 Å². The van der Waals surface area contributed by atoms with Crippen LogP contribution in [0, 0.1) is 0 Å². The van der Waals surface area contributed by atoms with Crippen LogP contribution in [0.4, 0.5) is 5.13 Å². The average Bonchev–Trinajstić information content (AvgIpc) is 3.15. The zero-order valence-corrected chi connectivity index (χ0v) is 15.3. The van der Waals surface area contributed by atoms with Gasteiger partial charge in [-0.2, -0.15) is 0 Å². The molecule has 1 atom stereocenters. The van der Waals surface area contributed by atoms with Crippen LogP contribution in [0.15, 0.2) is 24.4 Å². The Morgan fingerprint density at radius 1 is 1.43 bits per heavy atom. The van der Waals surface area contributed by atoms with Gasteiger partial charge in [-0.1, -0.05) is 35.3 Å². The number of hydrogen-bond donors (Lipinski definition) is 2. The van der Waals surface area contributed by atoms with Gasteiger partial charge in [-0.15, -0.1) is 23.7 Å². The predicted octanol–water partition coefficient (Wildman–Crippen LogP) is 4.15. The van der Waals surface area contributed by atoms with Gasteiger partial charge in [0.1, 0.15) is 0 Å². The minimum absolute atomic E-state index is 0. The van der Waals surface area contributed by atoms with Crippen molar-refractivity contribution >= 4 is 58.0 Å². The fraction of sp³-hybridized carbons (Fsp3) is 0.333. The maximum atomic E-state index is 12.0. The van der Waals surface area contributed by atoms with Crippen LogP contribution < -0.4 is 10.6 Å². The Morgan fingerprint density at radius 3 is 3.00 bits per heavy atom. The summed E-state index contributed by atoms with van der Waals surface area (Å²) < 4.78 is 0. The lowest BCUT2D eigenvalue weighted by atomic mass is 10.1. The number of hydrogen-bond acceptors (Lipinski definition) is 4. The molecule has 1 amide bonds. The SMILES string of the molecule is Cl.O=C(Nc1ncc(Cc2cccc(Cl)c2Cl)s1)C1CCCN1. The molecule has 124 valence electrons. The molecule has 1 aliphatic heterocycles. The lowest BCUT2D eigenvalue weighted by Gasteiger charge is -2.08. The average molecular weight is 393 g/mol. The van der Waals surface area contributed by atoms with Gasteiger partial charge in [-0.25, -0.2) is 4.98 Å². The minimum Gasteiger partial charge on any atom is -0.306 e. The Balaban J connectivity index is 0.00000192. The first-order valence-electron chi connectivity index (χ1n) is 7.05. The molecule has 1 aromatic carbocycles. The van der Waals surface area contributed by atoms with E-state index in [4.69, 9.17) is 23.2 Å². The van der Waals surface area contributed by atoms with E-state index in [0.717, 1.165) is 29.8 Å². The summed E-state index contributed by atoms with van der Waals surface area (Å²) >= 11 is 13.7. The molecular formula is C15H16Cl3N3OS. The Kier molecular flexibility index (Phi) is 6.68. The third-order valence-electron chi connectivity index (χ3n) is 3.56. The van der Waals surface area contributed by atoms with Gasteiger partial charge in [0.15, 0.2) is 5.13 Å². The number of benzene rings is 1. The van der Waals surface area contributed by atoms with Crippen LogP contribution in [0.3, 0.4) is 0 Å². The van der Waals surface area contributed by atoms with Gasteiger partial charge in [-0.05, 0) is 31.0 Å². The zero-order valence-electron chi connectivity index (χ0n) is 12.1. The second kappa shape index (κ2) is 8.31.